The van der Waals surface area contributed by atoms with Gasteiger partial charge >= 0.3 is 11.7 Å². The highest BCUT2D eigenvalue weighted by Gasteiger charge is 2.28. The van der Waals surface area contributed by atoms with E-state index in [1.165, 1.54) is 10.8 Å². The normalized spacial score (nSPS) is 20.6. The second-order valence-corrected chi connectivity index (χ2v) is 5.91. The molecule has 7 nitrogen and oxygen atoms in total. The summed E-state index contributed by atoms with van der Waals surface area (Å²) in [5.41, 5.74) is -0.413. The minimum Gasteiger partial charge on any atom is -0.463 e. The van der Waals surface area contributed by atoms with E-state index in [1.807, 2.05) is 0 Å². The molecular formula is C16H24N2O5. The number of aromatic amines is 1. The number of aryl methyl sites for hydroxylation is 1. The first kappa shape index (κ1) is 17.5. The minimum absolute atomic E-state index is 0.206. The molecule has 2 heterocycles. The molecule has 1 N–H and O–H groups in total. The largest absolute Gasteiger partial charge is 0.463 e. The predicted molar refractivity (Wildman–Crippen MR) is 84.3 cm³/mol. The summed E-state index contributed by atoms with van der Waals surface area (Å²) in [5.74, 6) is -0.206. The smallest absolute Gasteiger partial charge is 0.330 e. The quantitative estimate of drug-likeness (QED) is 0.608. The van der Waals surface area contributed by atoms with Gasteiger partial charge in [0.05, 0.1) is 6.10 Å². The second-order valence-electron chi connectivity index (χ2n) is 5.91. The summed E-state index contributed by atoms with van der Waals surface area (Å²) in [6.07, 6.45) is 5.57. The van der Waals surface area contributed by atoms with Crippen molar-refractivity contribution in [1.29, 1.82) is 0 Å². The number of carbonyl (C=O) groups is 1. The first-order valence-corrected chi connectivity index (χ1v) is 8.14. The van der Waals surface area contributed by atoms with Crippen molar-refractivity contribution in [2.75, 3.05) is 6.61 Å². The van der Waals surface area contributed by atoms with Gasteiger partial charge in [0.25, 0.3) is 5.56 Å². The molecule has 1 saturated heterocycles. The summed E-state index contributed by atoms with van der Waals surface area (Å²) in [6, 6.07) is 0. The van der Waals surface area contributed by atoms with Gasteiger partial charge in [0.1, 0.15) is 12.8 Å². The maximum absolute atomic E-state index is 11.8. The van der Waals surface area contributed by atoms with Crippen LogP contribution in [0, 0.1) is 6.92 Å². The fraction of sp³-hybridized carbons (Fsp3) is 0.688. The van der Waals surface area contributed by atoms with E-state index in [0.29, 0.717) is 24.8 Å². The summed E-state index contributed by atoms with van der Waals surface area (Å²) < 4.78 is 12.4. The van der Waals surface area contributed by atoms with E-state index in [0.717, 1.165) is 19.3 Å². The molecule has 0 spiro atoms. The van der Waals surface area contributed by atoms with Crippen LogP contribution in [0.5, 0.6) is 0 Å². The SMILES string of the molecule is CCCCCC(=O)OC[C@@H]1CC[C@H](n2cc(C)c(=O)[nH]c2=O)O1. The van der Waals surface area contributed by atoms with Crippen molar-refractivity contribution in [3.63, 3.8) is 0 Å². The van der Waals surface area contributed by atoms with Crippen molar-refractivity contribution in [2.24, 2.45) is 0 Å². The summed E-state index contributed by atoms with van der Waals surface area (Å²) in [7, 11) is 0. The average Bonchev–Trinajstić information content (AvgIpc) is 2.98. The number of hydrogen-bond donors (Lipinski definition) is 1. The number of nitrogens with zero attached hydrogens (tertiary/aromatic N) is 1. The Balaban J connectivity index is 1.85. The maximum Gasteiger partial charge on any atom is 0.330 e. The maximum atomic E-state index is 11.8. The van der Waals surface area contributed by atoms with Gasteiger partial charge < -0.3 is 9.47 Å². The third-order valence-electron chi connectivity index (χ3n) is 3.96. The van der Waals surface area contributed by atoms with Crippen LogP contribution < -0.4 is 11.2 Å². The zero-order valence-electron chi connectivity index (χ0n) is 13.7. The van der Waals surface area contributed by atoms with E-state index < -0.39 is 11.9 Å². The van der Waals surface area contributed by atoms with E-state index >= 15 is 0 Å². The molecule has 1 aliphatic heterocycles. The highest BCUT2D eigenvalue weighted by Crippen LogP contribution is 2.27. The van der Waals surface area contributed by atoms with E-state index in [1.54, 1.807) is 6.92 Å². The molecule has 2 atom stereocenters. The Morgan fingerprint density at radius 2 is 2.17 bits per heavy atom. The molecule has 128 valence electrons. The van der Waals surface area contributed by atoms with Crippen LogP contribution in [-0.2, 0) is 14.3 Å². The zero-order chi connectivity index (χ0) is 16.8. The Hall–Kier alpha value is -1.89. The molecule has 1 aromatic heterocycles. The fourth-order valence-electron chi connectivity index (χ4n) is 2.59. The van der Waals surface area contributed by atoms with E-state index in [-0.39, 0.29) is 24.2 Å². The summed E-state index contributed by atoms with van der Waals surface area (Å²) in [4.78, 5) is 37.1. The molecule has 0 saturated carbocycles. The molecule has 1 aromatic rings. The number of ether oxygens (including phenoxy) is 2. The number of nitrogens with one attached hydrogen (secondary N) is 1. The Morgan fingerprint density at radius 1 is 1.39 bits per heavy atom. The predicted octanol–water partition coefficient (Wildman–Crippen LogP) is 1.65. The first-order valence-electron chi connectivity index (χ1n) is 8.14. The van der Waals surface area contributed by atoms with E-state index in [9.17, 15) is 14.4 Å². The summed E-state index contributed by atoms with van der Waals surface area (Å²) in [6.45, 7) is 3.93. The molecule has 23 heavy (non-hydrogen) atoms. The topological polar surface area (TPSA) is 90.4 Å². The van der Waals surface area contributed by atoms with Crippen LogP contribution >= 0.6 is 0 Å². The number of rotatable bonds is 7. The Morgan fingerprint density at radius 3 is 2.91 bits per heavy atom. The van der Waals surface area contributed by atoms with Gasteiger partial charge in [-0.05, 0) is 26.2 Å². The molecule has 0 unspecified atom stereocenters. The van der Waals surface area contributed by atoms with Gasteiger partial charge in [0, 0.05) is 18.2 Å². The monoisotopic (exact) mass is 324 g/mol. The Bertz CT molecular complexity index is 649. The van der Waals surface area contributed by atoms with Crippen LogP contribution in [-0.4, -0.2) is 28.2 Å². The number of carbonyl (C=O) groups excluding carboxylic acids is 1. The molecule has 7 heteroatoms. The zero-order valence-corrected chi connectivity index (χ0v) is 13.7. The average molecular weight is 324 g/mol. The lowest BCUT2D eigenvalue weighted by Crippen LogP contribution is -2.33. The van der Waals surface area contributed by atoms with Gasteiger partial charge in [-0.15, -0.1) is 0 Å². The second kappa shape index (κ2) is 8.10. The Labute approximate surface area is 134 Å². The highest BCUT2D eigenvalue weighted by atomic mass is 16.6. The number of unbranched alkanes of at least 4 members (excludes halogenated alkanes) is 2. The number of aromatic nitrogens is 2. The third-order valence-corrected chi connectivity index (χ3v) is 3.96. The van der Waals surface area contributed by atoms with Crippen LogP contribution in [0.2, 0.25) is 0 Å². The lowest BCUT2D eigenvalue weighted by Gasteiger charge is -2.16. The van der Waals surface area contributed by atoms with Crippen molar-refractivity contribution in [1.82, 2.24) is 9.55 Å². The van der Waals surface area contributed by atoms with E-state index in [2.05, 4.69) is 11.9 Å². The van der Waals surface area contributed by atoms with Gasteiger partial charge in [-0.2, -0.15) is 0 Å². The van der Waals surface area contributed by atoms with Crippen molar-refractivity contribution < 1.29 is 14.3 Å². The molecule has 0 bridgehead atoms. The molecular weight excluding hydrogens is 300 g/mol. The molecule has 2 rings (SSSR count). The standard InChI is InChI=1S/C16H24N2O5/c1-3-4-5-6-14(19)22-10-12-7-8-13(23-12)18-9-11(2)15(20)17-16(18)21/h9,12-13H,3-8,10H2,1-2H3,(H,17,20,21)/t12-,13+/m0/s1. The van der Waals surface area contributed by atoms with Gasteiger partial charge in [-0.25, -0.2) is 4.79 Å². The minimum atomic E-state index is -0.484. The lowest BCUT2D eigenvalue weighted by atomic mass is 10.2. The molecule has 1 fully saturated rings. The summed E-state index contributed by atoms with van der Waals surface area (Å²) in [5, 5.41) is 0. The number of hydrogen-bond acceptors (Lipinski definition) is 5. The molecule has 0 radical (unpaired) electrons. The summed E-state index contributed by atoms with van der Waals surface area (Å²) >= 11 is 0. The van der Waals surface area contributed by atoms with Crippen LogP contribution in [0.15, 0.2) is 15.8 Å². The van der Waals surface area contributed by atoms with Gasteiger partial charge in [-0.1, -0.05) is 19.8 Å². The molecule has 0 aliphatic carbocycles. The van der Waals surface area contributed by atoms with Crippen molar-refractivity contribution >= 4 is 5.97 Å². The molecule has 1 aliphatic rings. The highest BCUT2D eigenvalue weighted by molar-refractivity contribution is 5.69. The van der Waals surface area contributed by atoms with Gasteiger partial charge in [0.15, 0.2) is 0 Å². The molecule has 0 amide bonds. The van der Waals surface area contributed by atoms with Crippen LogP contribution in [0.4, 0.5) is 0 Å². The third kappa shape index (κ3) is 4.79. The van der Waals surface area contributed by atoms with Gasteiger partial charge in [0.2, 0.25) is 0 Å². The van der Waals surface area contributed by atoms with Crippen LogP contribution in [0.3, 0.4) is 0 Å². The Kier molecular flexibility index (Phi) is 6.15. The van der Waals surface area contributed by atoms with Crippen molar-refractivity contribution in [3.8, 4) is 0 Å². The van der Waals surface area contributed by atoms with Crippen LogP contribution in [0.1, 0.15) is 57.2 Å². The first-order chi connectivity index (χ1) is 11.0. The van der Waals surface area contributed by atoms with Crippen molar-refractivity contribution in [3.05, 3.63) is 32.6 Å². The van der Waals surface area contributed by atoms with Crippen molar-refractivity contribution in [2.45, 2.75) is 64.7 Å². The lowest BCUT2D eigenvalue weighted by molar-refractivity contribution is -0.148. The van der Waals surface area contributed by atoms with Gasteiger partial charge in [-0.3, -0.25) is 19.1 Å². The fourth-order valence-corrected chi connectivity index (χ4v) is 2.59. The molecule has 0 aromatic carbocycles. The number of esters is 1. The number of H-pyrrole nitrogens is 1. The van der Waals surface area contributed by atoms with E-state index in [4.69, 9.17) is 9.47 Å². The van der Waals surface area contributed by atoms with Crippen LogP contribution in [0.25, 0.3) is 0 Å².